The van der Waals surface area contributed by atoms with E-state index in [1.54, 1.807) is 19.2 Å². The molecule has 2 fully saturated rings. The number of carbonyl (C=O) groups excluding carboxylic acids is 1. The molecule has 5 nitrogen and oxygen atoms in total. The Labute approximate surface area is 197 Å². The van der Waals surface area contributed by atoms with Crippen LogP contribution in [-0.4, -0.2) is 43.7 Å². The normalized spacial score (nSPS) is 25.6. The summed E-state index contributed by atoms with van der Waals surface area (Å²) < 4.78 is 19.8. The third-order valence-electron chi connectivity index (χ3n) is 7.07. The first-order chi connectivity index (χ1) is 16.0. The largest absolute Gasteiger partial charge is 0.381 e. The molecule has 0 spiro atoms. The van der Waals surface area contributed by atoms with Gasteiger partial charge in [-0.25, -0.2) is 4.39 Å². The van der Waals surface area contributed by atoms with Crippen molar-refractivity contribution in [1.29, 1.82) is 0 Å². The first-order valence-corrected chi connectivity index (χ1v) is 12.4. The Hall–Kier alpha value is -2.34. The summed E-state index contributed by atoms with van der Waals surface area (Å²) in [6.07, 6.45) is 5.97. The van der Waals surface area contributed by atoms with Gasteiger partial charge < -0.3 is 9.64 Å². The van der Waals surface area contributed by atoms with Crippen molar-refractivity contribution in [3.05, 3.63) is 52.9 Å². The van der Waals surface area contributed by atoms with Crippen molar-refractivity contribution in [1.82, 2.24) is 4.90 Å². The summed E-state index contributed by atoms with van der Waals surface area (Å²) in [7, 11) is 1.74. The van der Waals surface area contributed by atoms with Gasteiger partial charge in [-0.1, -0.05) is 37.6 Å². The summed E-state index contributed by atoms with van der Waals surface area (Å²) in [4.78, 5) is 15.2. The van der Waals surface area contributed by atoms with E-state index in [2.05, 4.69) is 23.2 Å². The van der Waals surface area contributed by atoms with Gasteiger partial charge in [0.1, 0.15) is 5.82 Å². The molecule has 1 heterocycles. The Kier molecular flexibility index (Phi) is 8.95. The van der Waals surface area contributed by atoms with Crippen molar-refractivity contribution in [2.24, 2.45) is 28.0 Å². The number of hydrogen-bond acceptors (Lipinski definition) is 4. The van der Waals surface area contributed by atoms with E-state index in [1.165, 1.54) is 11.6 Å². The molecule has 6 heteroatoms. The van der Waals surface area contributed by atoms with E-state index in [4.69, 9.17) is 4.74 Å². The highest BCUT2D eigenvalue weighted by molar-refractivity contribution is 5.94. The molecule has 1 saturated carbocycles. The average molecular weight is 456 g/mol. The third kappa shape index (κ3) is 5.60. The minimum absolute atomic E-state index is 0.195. The number of amides is 1. The maximum atomic E-state index is 14.4. The number of benzene rings is 1. The van der Waals surface area contributed by atoms with E-state index in [1.807, 2.05) is 31.7 Å². The summed E-state index contributed by atoms with van der Waals surface area (Å²) in [5, 5.41) is 8.45. The number of azo groups is 1. The Morgan fingerprint density at radius 1 is 1.21 bits per heavy atom. The number of nitrogens with zero attached hydrogens (tertiary/aromatic N) is 3. The summed E-state index contributed by atoms with van der Waals surface area (Å²) in [6.45, 7) is 10.1. The number of methoxy groups -OCH3 is 1. The lowest BCUT2D eigenvalue weighted by Gasteiger charge is -2.33. The van der Waals surface area contributed by atoms with Crippen molar-refractivity contribution in [3.63, 3.8) is 0 Å². The van der Waals surface area contributed by atoms with Crippen molar-refractivity contribution >= 4 is 11.6 Å². The molecular weight excluding hydrogens is 417 g/mol. The smallest absolute Gasteiger partial charge is 0.249 e. The maximum Gasteiger partial charge on any atom is 0.249 e. The molecule has 3 aliphatic rings. The second kappa shape index (κ2) is 11.7. The number of ether oxygens (including phenoxy) is 1. The lowest BCUT2D eigenvalue weighted by atomic mass is 9.91. The van der Waals surface area contributed by atoms with Crippen LogP contribution in [0.4, 0.5) is 4.39 Å². The van der Waals surface area contributed by atoms with Crippen LogP contribution in [0.2, 0.25) is 0 Å². The number of piperidine rings is 1. The Balaban J connectivity index is 0.00000149. The van der Waals surface area contributed by atoms with Gasteiger partial charge in [-0.2, -0.15) is 10.2 Å². The van der Waals surface area contributed by atoms with Crippen LogP contribution < -0.4 is 0 Å². The molecule has 0 bridgehead atoms. The Bertz CT molecular complexity index is 916. The highest BCUT2D eigenvalue weighted by Crippen LogP contribution is 2.59. The van der Waals surface area contributed by atoms with E-state index in [9.17, 15) is 9.18 Å². The SMILES string of the molecule is CC.CCN=N/C(=C\C1C2CCC(C(=O)N3CCC(OC)CC3)=C(C)[C@@H]12)c1ccccc1F. The zero-order chi connectivity index (χ0) is 24.0. The van der Waals surface area contributed by atoms with Gasteiger partial charge >= 0.3 is 0 Å². The molecule has 2 unspecified atom stereocenters. The number of allylic oxidation sites excluding steroid dienone is 2. The third-order valence-corrected chi connectivity index (χ3v) is 7.07. The van der Waals surface area contributed by atoms with Gasteiger partial charge in [-0.3, -0.25) is 4.79 Å². The highest BCUT2D eigenvalue weighted by atomic mass is 19.1. The molecule has 2 aliphatic carbocycles. The second-order valence-electron chi connectivity index (χ2n) is 8.78. The molecule has 0 radical (unpaired) electrons. The molecule has 33 heavy (non-hydrogen) atoms. The highest BCUT2D eigenvalue weighted by Gasteiger charge is 2.52. The average Bonchev–Trinajstić information content (AvgIpc) is 3.57. The van der Waals surface area contributed by atoms with Gasteiger partial charge in [0.2, 0.25) is 5.91 Å². The summed E-state index contributed by atoms with van der Waals surface area (Å²) in [5.74, 6) is 1.06. The molecule has 4 rings (SSSR count). The van der Waals surface area contributed by atoms with Crippen LogP contribution in [0.25, 0.3) is 5.70 Å². The lowest BCUT2D eigenvalue weighted by molar-refractivity contribution is -0.129. The number of hydrogen-bond donors (Lipinski definition) is 0. The first-order valence-electron chi connectivity index (χ1n) is 12.4. The van der Waals surface area contributed by atoms with Crippen LogP contribution in [0.3, 0.4) is 0 Å². The van der Waals surface area contributed by atoms with E-state index in [0.29, 0.717) is 29.6 Å². The number of halogens is 1. The molecule has 1 saturated heterocycles. The van der Waals surface area contributed by atoms with Gasteiger partial charge in [0.15, 0.2) is 0 Å². The van der Waals surface area contributed by atoms with Crippen LogP contribution in [-0.2, 0) is 9.53 Å². The monoisotopic (exact) mass is 455 g/mol. The molecule has 0 aromatic heterocycles. The van der Waals surface area contributed by atoms with Crippen molar-refractivity contribution in [3.8, 4) is 0 Å². The van der Waals surface area contributed by atoms with E-state index in [0.717, 1.165) is 44.3 Å². The van der Waals surface area contributed by atoms with Crippen LogP contribution in [0.1, 0.15) is 58.9 Å². The minimum atomic E-state index is -0.282. The maximum absolute atomic E-state index is 14.4. The van der Waals surface area contributed by atoms with Gasteiger partial charge in [0.25, 0.3) is 0 Å². The van der Waals surface area contributed by atoms with Crippen LogP contribution in [0, 0.1) is 23.6 Å². The molecular formula is C27H38FN3O2. The minimum Gasteiger partial charge on any atom is -0.381 e. The lowest BCUT2D eigenvalue weighted by Crippen LogP contribution is -2.41. The molecule has 180 valence electrons. The van der Waals surface area contributed by atoms with Gasteiger partial charge in [0, 0.05) is 31.3 Å². The number of carbonyl (C=O) groups is 1. The number of rotatable bonds is 6. The van der Waals surface area contributed by atoms with E-state index in [-0.39, 0.29) is 23.7 Å². The van der Waals surface area contributed by atoms with Gasteiger partial charge in [0.05, 0.1) is 18.3 Å². The second-order valence-corrected chi connectivity index (χ2v) is 8.78. The number of fused-ring (bicyclic) bond motifs is 1. The zero-order valence-corrected chi connectivity index (χ0v) is 20.7. The van der Waals surface area contributed by atoms with E-state index < -0.39 is 0 Å². The van der Waals surface area contributed by atoms with Crippen LogP contribution in [0.15, 0.2) is 51.7 Å². The topological polar surface area (TPSA) is 54.3 Å². The zero-order valence-electron chi connectivity index (χ0n) is 20.7. The van der Waals surface area contributed by atoms with Gasteiger partial charge in [-0.15, -0.1) is 0 Å². The fraction of sp³-hybridized carbons (Fsp3) is 0.593. The quantitative estimate of drug-likeness (QED) is 0.474. The molecule has 0 N–H and O–H groups in total. The van der Waals surface area contributed by atoms with Gasteiger partial charge in [-0.05, 0) is 69.4 Å². The summed E-state index contributed by atoms with van der Waals surface area (Å²) in [6, 6.07) is 6.72. The molecule has 1 aromatic carbocycles. The van der Waals surface area contributed by atoms with Crippen molar-refractivity contribution in [2.45, 2.75) is 59.5 Å². The fourth-order valence-electron chi connectivity index (χ4n) is 5.26. The fourth-order valence-corrected chi connectivity index (χ4v) is 5.26. The standard InChI is InChI=1S/C25H32FN3O2.C2H6/c1-4-27-28-23(20-7-5-6-8-22(20)26)15-21-19-10-9-18(16(2)24(19)21)25(30)29-13-11-17(31-3)12-14-29;1-2/h5-8,15,17,19,21,24H,4,9-14H2,1-3H3;1-2H3/b23-15-,28-27?;/t19?,21?,24-;/m1./s1. The summed E-state index contributed by atoms with van der Waals surface area (Å²) >= 11 is 0. The predicted octanol–water partition coefficient (Wildman–Crippen LogP) is 6.27. The molecule has 1 aliphatic heterocycles. The Morgan fingerprint density at radius 2 is 1.91 bits per heavy atom. The Morgan fingerprint density at radius 3 is 2.55 bits per heavy atom. The van der Waals surface area contributed by atoms with Crippen molar-refractivity contribution in [2.75, 3.05) is 26.7 Å². The summed E-state index contributed by atoms with van der Waals surface area (Å²) in [5.41, 5.74) is 3.27. The molecule has 3 atom stereocenters. The molecule has 1 amide bonds. The van der Waals surface area contributed by atoms with E-state index >= 15 is 0 Å². The number of likely N-dealkylation sites (tertiary alicyclic amines) is 1. The molecule has 1 aromatic rings. The first kappa shape index (κ1) is 25.3. The predicted molar refractivity (Wildman–Crippen MR) is 130 cm³/mol. The van der Waals surface area contributed by atoms with Crippen molar-refractivity contribution < 1.29 is 13.9 Å². The van der Waals surface area contributed by atoms with Crippen LogP contribution >= 0.6 is 0 Å². The van der Waals surface area contributed by atoms with Crippen LogP contribution in [0.5, 0.6) is 0 Å².